The van der Waals surface area contributed by atoms with E-state index >= 15 is 0 Å². The number of imide groups is 1. The first-order valence-corrected chi connectivity index (χ1v) is 11.7. The first-order chi connectivity index (χ1) is 17.9. The highest BCUT2D eigenvalue weighted by atomic mass is 16.5. The average Bonchev–Trinajstić information content (AvgIpc) is 3.37. The van der Waals surface area contributed by atoms with E-state index in [1.807, 2.05) is 36.4 Å². The molecule has 0 radical (unpaired) electrons. The Hall–Kier alpha value is -4.92. The summed E-state index contributed by atoms with van der Waals surface area (Å²) >= 11 is 0. The molecule has 1 fully saturated rings. The highest BCUT2D eigenvalue weighted by Gasteiger charge is 2.50. The molecule has 3 heterocycles. The number of hydrogen-bond acceptors (Lipinski definition) is 6. The van der Waals surface area contributed by atoms with Gasteiger partial charge in [0.2, 0.25) is 0 Å². The van der Waals surface area contributed by atoms with Crippen molar-refractivity contribution in [1.82, 2.24) is 20.5 Å². The molecule has 9 nitrogen and oxygen atoms in total. The number of phenolic OH excluding ortho intramolecular Hbond substituents is 1. The summed E-state index contributed by atoms with van der Waals surface area (Å²) in [4.78, 5) is 44.3. The number of pyridine rings is 1. The Morgan fingerprint density at radius 1 is 0.973 bits per heavy atom. The second-order valence-electron chi connectivity index (χ2n) is 9.12. The van der Waals surface area contributed by atoms with E-state index < -0.39 is 17.5 Å². The molecule has 3 aromatic carbocycles. The molecule has 37 heavy (non-hydrogen) atoms. The molecule has 3 N–H and O–H groups in total. The van der Waals surface area contributed by atoms with E-state index in [1.165, 1.54) is 17.0 Å². The fourth-order valence-electron chi connectivity index (χ4n) is 4.84. The minimum absolute atomic E-state index is 0.00921. The van der Waals surface area contributed by atoms with Gasteiger partial charge in [0.05, 0.1) is 17.8 Å². The smallest absolute Gasteiger partial charge is 0.322 e. The standard InChI is InChI=1S/C28H22N4O5/c33-21-10-6-18-14-32(25(34)23(18)13-21)16-28(26(35)30-27(36)31-28)19-7-11-22(12-8-19)37-15-20-9-5-17-3-1-2-4-24(17)29-20/h1-13,33H,14-16H2,(H2,30,31,35,36)/t28-/m0/s1. The minimum Gasteiger partial charge on any atom is -0.508 e. The molecular weight excluding hydrogens is 472 g/mol. The number of fused-ring (bicyclic) bond motifs is 2. The molecular formula is C28H22N4O5. The molecule has 4 aromatic rings. The molecule has 2 aliphatic rings. The zero-order chi connectivity index (χ0) is 25.6. The van der Waals surface area contributed by atoms with Crippen LogP contribution < -0.4 is 15.4 Å². The number of phenols is 1. The molecule has 2 aliphatic heterocycles. The van der Waals surface area contributed by atoms with E-state index in [9.17, 15) is 19.5 Å². The monoisotopic (exact) mass is 494 g/mol. The molecule has 6 rings (SSSR count). The Morgan fingerprint density at radius 2 is 1.78 bits per heavy atom. The van der Waals surface area contributed by atoms with Gasteiger partial charge in [-0.3, -0.25) is 14.9 Å². The van der Waals surface area contributed by atoms with E-state index in [4.69, 9.17) is 4.74 Å². The summed E-state index contributed by atoms with van der Waals surface area (Å²) in [5, 5.41) is 15.8. The molecule has 0 unspecified atom stereocenters. The lowest BCUT2D eigenvalue weighted by Gasteiger charge is -2.31. The first kappa shape index (κ1) is 22.5. The molecule has 0 spiro atoms. The third kappa shape index (κ3) is 4.00. The SMILES string of the molecule is O=C1NC(=O)[C@](CN2Cc3ccc(O)cc3C2=O)(c2ccc(OCc3ccc4ccccc4n3)cc2)N1. The number of carbonyl (C=O) groups is 3. The lowest BCUT2D eigenvalue weighted by Crippen LogP contribution is -2.52. The summed E-state index contributed by atoms with van der Waals surface area (Å²) in [6.07, 6.45) is 0. The number of urea groups is 1. The summed E-state index contributed by atoms with van der Waals surface area (Å²) in [6, 6.07) is 22.6. The first-order valence-electron chi connectivity index (χ1n) is 11.7. The molecule has 0 aliphatic carbocycles. The molecule has 1 atom stereocenters. The number of nitrogens with one attached hydrogen (secondary N) is 2. The maximum atomic E-state index is 13.0. The van der Waals surface area contributed by atoms with Crippen LogP contribution in [0.15, 0.2) is 78.9 Å². The summed E-state index contributed by atoms with van der Waals surface area (Å²) < 4.78 is 5.90. The molecule has 4 amide bonds. The largest absolute Gasteiger partial charge is 0.508 e. The van der Waals surface area contributed by atoms with Crippen molar-refractivity contribution in [2.45, 2.75) is 18.7 Å². The van der Waals surface area contributed by atoms with Crippen molar-refractivity contribution in [3.8, 4) is 11.5 Å². The lowest BCUT2D eigenvalue weighted by molar-refractivity contribution is -0.124. The summed E-state index contributed by atoms with van der Waals surface area (Å²) in [6.45, 7) is 0.458. The Bertz CT molecular complexity index is 1570. The molecule has 0 bridgehead atoms. The molecule has 184 valence electrons. The molecule has 1 aromatic heterocycles. The number of rotatable bonds is 6. The lowest BCUT2D eigenvalue weighted by atomic mass is 9.89. The van der Waals surface area contributed by atoms with Crippen LogP contribution in [0.25, 0.3) is 10.9 Å². The van der Waals surface area contributed by atoms with Gasteiger partial charge < -0.3 is 20.1 Å². The van der Waals surface area contributed by atoms with Crippen molar-refractivity contribution in [1.29, 1.82) is 0 Å². The van der Waals surface area contributed by atoms with Crippen molar-refractivity contribution in [2.75, 3.05) is 6.54 Å². The third-order valence-electron chi connectivity index (χ3n) is 6.73. The number of nitrogens with zero attached hydrogens (tertiary/aromatic N) is 2. The minimum atomic E-state index is -1.46. The van der Waals surface area contributed by atoms with Gasteiger partial charge >= 0.3 is 6.03 Å². The maximum Gasteiger partial charge on any atom is 0.322 e. The number of aromatic hydroxyl groups is 1. The summed E-state index contributed by atoms with van der Waals surface area (Å²) in [5.74, 6) is -0.302. The van der Waals surface area contributed by atoms with Crippen LogP contribution in [0.4, 0.5) is 4.79 Å². The van der Waals surface area contributed by atoms with E-state index in [0.717, 1.165) is 22.2 Å². The third-order valence-corrected chi connectivity index (χ3v) is 6.73. The predicted molar refractivity (Wildman–Crippen MR) is 134 cm³/mol. The van der Waals surface area contributed by atoms with Crippen molar-refractivity contribution < 1.29 is 24.2 Å². The second kappa shape index (κ2) is 8.63. The Labute approximate surface area is 211 Å². The van der Waals surface area contributed by atoms with Crippen LogP contribution in [0.1, 0.15) is 27.2 Å². The van der Waals surface area contributed by atoms with Gasteiger partial charge in [-0.15, -0.1) is 0 Å². The van der Waals surface area contributed by atoms with Gasteiger partial charge in [0.25, 0.3) is 11.8 Å². The Balaban J connectivity index is 1.22. The van der Waals surface area contributed by atoms with Crippen molar-refractivity contribution in [2.24, 2.45) is 0 Å². The molecule has 9 heteroatoms. The average molecular weight is 495 g/mol. The number of benzene rings is 3. The van der Waals surface area contributed by atoms with Gasteiger partial charge in [-0.25, -0.2) is 9.78 Å². The maximum absolute atomic E-state index is 13.0. The summed E-state index contributed by atoms with van der Waals surface area (Å²) in [5.41, 5.74) is 1.84. The number of para-hydroxylation sites is 1. The van der Waals surface area contributed by atoms with Gasteiger partial charge in [-0.2, -0.15) is 0 Å². The fraction of sp³-hybridized carbons (Fsp3) is 0.143. The topological polar surface area (TPSA) is 121 Å². The van der Waals surface area contributed by atoms with Gasteiger partial charge in [0, 0.05) is 17.5 Å². The second-order valence-corrected chi connectivity index (χ2v) is 9.12. The van der Waals surface area contributed by atoms with Crippen LogP contribution in [-0.4, -0.2) is 39.4 Å². The summed E-state index contributed by atoms with van der Waals surface area (Å²) in [7, 11) is 0. The highest BCUT2D eigenvalue weighted by molar-refractivity contribution is 6.08. The van der Waals surface area contributed by atoms with E-state index in [2.05, 4.69) is 15.6 Å². The number of ether oxygens (including phenoxy) is 1. The Kier molecular flexibility index (Phi) is 5.26. The van der Waals surface area contributed by atoms with Crippen LogP contribution in [0.5, 0.6) is 11.5 Å². The van der Waals surface area contributed by atoms with E-state index in [1.54, 1.807) is 30.3 Å². The van der Waals surface area contributed by atoms with Crippen molar-refractivity contribution in [3.63, 3.8) is 0 Å². The zero-order valence-electron chi connectivity index (χ0n) is 19.6. The van der Waals surface area contributed by atoms with Crippen LogP contribution >= 0.6 is 0 Å². The van der Waals surface area contributed by atoms with Crippen LogP contribution in [0, 0.1) is 0 Å². The fourth-order valence-corrected chi connectivity index (χ4v) is 4.84. The van der Waals surface area contributed by atoms with Gasteiger partial charge in [-0.1, -0.05) is 42.5 Å². The van der Waals surface area contributed by atoms with Gasteiger partial charge in [0.1, 0.15) is 18.1 Å². The number of aromatic nitrogens is 1. The number of amides is 4. The Morgan fingerprint density at radius 3 is 2.57 bits per heavy atom. The normalized spacial score (nSPS) is 18.6. The van der Waals surface area contributed by atoms with Gasteiger partial charge in [0.15, 0.2) is 5.54 Å². The highest BCUT2D eigenvalue weighted by Crippen LogP contribution is 2.33. The van der Waals surface area contributed by atoms with E-state index in [0.29, 0.717) is 16.9 Å². The van der Waals surface area contributed by atoms with Crippen LogP contribution in [0.3, 0.4) is 0 Å². The number of hydrogen-bond donors (Lipinski definition) is 3. The van der Waals surface area contributed by atoms with Gasteiger partial charge in [-0.05, 0) is 47.5 Å². The van der Waals surface area contributed by atoms with Crippen LogP contribution in [0.2, 0.25) is 0 Å². The number of carbonyl (C=O) groups excluding carboxylic acids is 3. The van der Waals surface area contributed by atoms with Crippen molar-refractivity contribution >= 4 is 28.7 Å². The van der Waals surface area contributed by atoms with E-state index in [-0.39, 0.29) is 31.4 Å². The zero-order valence-corrected chi connectivity index (χ0v) is 19.6. The predicted octanol–water partition coefficient (Wildman–Crippen LogP) is 3.21. The molecule has 1 saturated heterocycles. The van der Waals surface area contributed by atoms with Crippen LogP contribution in [-0.2, 0) is 23.5 Å². The molecule has 0 saturated carbocycles. The van der Waals surface area contributed by atoms with Crippen molar-refractivity contribution in [3.05, 3.63) is 101 Å². The quantitative estimate of drug-likeness (QED) is 0.354.